The highest BCUT2D eigenvalue weighted by Crippen LogP contribution is 2.26. The number of nitrogens with one attached hydrogen (secondary N) is 2. The summed E-state index contributed by atoms with van der Waals surface area (Å²) in [5.41, 5.74) is 0. The monoisotopic (exact) mass is 279 g/mol. The van der Waals surface area contributed by atoms with Crippen LogP contribution in [0.1, 0.15) is 46.0 Å². The highest BCUT2D eigenvalue weighted by Gasteiger charge is 2.17. The van der Waals surface area contributed by atoms with Gasteiger partial charge < -0.3 is 15.4 Å². The Balaban J connectivity index is 1.98. The summed E-state index contributed by atoms with van der Waals surface area (Å²) >= 11 is 0. The molecule has 0 bridgehead atoms. The van der Waals surface area contributed by atoms with E-state index in [-0.39, 0.29) is 0 Å². The fourth-order valence-corrected chi connectivity index (χ4v) is 1.94. The second-order valence-electron chi connectivity index (χ2n) is 5.22. The van der Waals surface area contributed by atoms with Gasteiger partial charge in [0.1, 0.15) is 0 Å². The van der Waals surface area contributed by atoms with Crippen molar-refractivity contribution in [2.45, 2.75) is 46.0 Å². The predicted molar refractivity (Wildman–Crippen MR) is 80.2 cm³/mol. The molecule has 0 saturated heterocycles. The summed E-state index contributed by atoms with van der Waals surface area (Å²) in [4.78, 5) is 13.0. The third-order valence-corrected chi connectivity index (χ3v) is 3.36. The van der Waals surface area contributed by atoms with Crippen LogP contribution in [0, 0.1) is 5.92 Å². The Kier molecular flexibility index (Phi) is 5.83. The van der Waals surface area contributed by atoms with Crippen LogP contribution in [0.3, 0.4) is 0 Å². The highest BCUT2D eigenvalue weighted by molar-refractivity contribution is 5.35. The molecule has 1 heterocycles. The molecule has 1 fully saturated rings. The van der Waals surface area contributed by atoms with Gasteiger partial charge in [-0.3, -0.25) is 0 Å². The fourth-order valence-electron chi connectivity index (χ4n) is 1.94. The normalized spacial score (nSPS) is 14.7. The fraction of sp³-hybridized carbons (Fsp3) is 0.786. The van der Waals surface area contributed by atoms with E-state index in [9.17, 15) is 0 Å². The minimum Gasteiger partial charge on any atom is -0.463 e. The van der Waals surface area contributed by atoms with Gasteiger partial charge in [-0.2, -0.15) is 15.0 Å². The predicted octanol–water partition coefficient (Wildman–Crippen LogP) is 2.69. The summed E-state index contributed by atoms with van der Waals surface area (Å²) in [6.07, 6.45) is 5.92. The third kappa shape index (κ3) is 4.51. The van der Waals surface area contributed by atoms with E-state index in [1.54, 1.807) is 0 Å². The Morgan fingerprint density at radius 3 is 2.40 bits per heavy atom. The second kappa shape index (κ2) is 7.87. The molecule has 1 saturated carbocycles. The van der Waals surface area contributed by atoms with Gasteiger partial charge in [0.25, 0.3) is 0 Å². The summed E-state index contributed by atoms with van der Waals surface area (Å²) in [7, 11) is 0. The Labute approximate surface area is 120 Å². The molecule has 2 rings (SSSR count). The van der Waals surface area contributed by atoms with Crippen LogP contribution >= 0.6 is 0 Å². The molecule has 1 aromatic heterocycles. The van der Waals surface area contributed by atoms with Crippen LogP contribution in [0.25, 0.3) is 0 Å². The second-order valence-corrected chi connectivity index (χ2v) is 5.22. The van der Waals surface area contributed by atoms with Gasteiger partial charge >= 0.3 is 6.01 Å². The van der Waals surface area contributed by atoms with Crippen molar-refractivity contribution in [2.75, 3.05) is 30.3 Å². The van der Waals surface area contributed by atoms with Crippen LogP contribution in [0.4, 0.5) is 11.9 Å². The van der Waals surface area contributed by atoms with Gasteiger partial charge in [0, 0.05) is 13.1 Å². The van der Waals surface area contributed by atoms with Crippen LogP contribution in [0.5, 0.6) is 6.01 Å². The van der Waals surface area contributed by atoms with E-state index in [1.165, 1.54) is 19.3 Å². The smallest absolute Gasteiger partial charge is 0.323 e. The van der Waals surface area contributed by atoms with Gasteiger partial charge in [0.05, 0.1) is 6.61 Å². The van der Waals surface area contributed by atoms with Crippen molar-refractivity contribution < 1.29 is 4.74 Å². The van der Waals surface area contributed by atoms with Gasteiger partial charge in [0.2, 0.25) is 11.9 Å². The first-order chi connectivity index (χ1) is 9.81. The summed E-state index contributed by atoms with van der Waals surface area (Å²) < 4.78 is 5.52. The molecule has 112 valence electrons. The quantitative estimate of drug-likeness (QED) is 0.724. The zero-order valence-corrected chi connectivity index (χ0v) is 12.5. The van der Waals surface area contributed by atoms with Gasteiger partial charge in [-0.05, 0) is 31.6 Å². The van der Waals surface area contributed by atoms with E-state index in [1.807, 2.05) is 0 Å². The van der Waals surface area contributed by atoms with Crippen LogP contribution in [-0.4, -0.2) is 34.6 Å². The molecule has 1 aromatic rings. The lowest BCUT2D eigenvalue weighted by molar-refractivity contribution is 0.292. The van der Waals surface area contributed by atoms with Gasteiger partial charge in [-0.15, -0.1) is 0 Å². The van der Waals surface area contributed by atoms with Gasteiger partial charge in [-0.25, -0.2) is 0 Å². The van der Waals surface area contributed by atoms with Crippen molar-refractivity contribution in [1.82, 2.24) is 15.0 Å². The molecular weight excluding hydrogens is 254 g/mol. The molecule has 2 N–H and O–H groups in total. The number of rotatable bonds is 9. The summed E-state index contributed by atoms with van der Waals surface area (Å²) in [6, 6.07) is 0.400. The lowest BCUT2D eigenvalue weighted by Gasteiger charge is -2.25. The van der Waals surface area contributed by atoms with Crippen molar-refractivity contribution in [3.8, 4) is 6.01 Å². The maximum absolute atomic E-state index is 5.52. The Bertz CT molecular complexity index is 382. The van der Waals surface area contributed by atoms with E-state index < -0.39 is 0 Å². The average molecular weight is 279 g/mol. The molecule has 0 spiro atoms. The number of hydrogen-bond donors (Lipinski definition) is 2. The molecule has 1 aliphatic carbocycles. The summed E-state index contributed by atoms with van der Waals surface area (Å²) in [5.74, 6) is 1.96. The largest absolute Gasteiger partial charge is 0.463 e. The van der Waals surface area contributed by atoms with Crippen molar-refractivity contribution in [3.05, 3.63) is 0 Å². The van der Waals surface area contributed by atoms with Crippen LogP contribution < -0.4 is 15.4 Å². The zero-order chi connectivity index (χ0) is 14.2. The number of ether oxygens (including phenoxy) is 1. The minimum atomic E-state index is 0.400. The maximum atomic E-state index is 5.52. The molecule has 6 heteroatoms. The highest BCUT2D eigenvalue weighted by atomic mass is 16.5. The molecule has 20 heavy (non-hydrogen) atoms. The number of hydrogen-bond acceptors (Lipinski definition) is 6. The van der Waals surface area contributed by atoms with Crippen molar-refractivity contribution in [2.24, 2.45) is 5.92 Å². The Morgan fingerprint density at radius 2 is 1.80 bits per heavy atom. The zero-order valence-electron chi connectivity index (χ0n) is 12.5. The van der Waals surface area contributed by atoms with E-state index in [2.05, 4.69) is 39.4 Å². The summed E-state index contributed by atoms with van der Waals surface area (Å²) in [5, 5.41) is 6.48. The molecule has 0 unspecified atom stereocenters. The van der Waals surface area contributed by atoms with E-state index >= 15 is 0 Å². The molecular formula is C14H25N5O. The molecule has 0 amide bonds. The van der Waals surface area contributed by atoms with E-state index in [4.69, 9.17) is 4.74 Å². The van der Waals surface area contributed by atoms with Crippen LogP contribution in [0.15, 0.2) is 0 Å². The lowest BCUT2D eigenvalue weighted by Crippen LogP contribution is -2.22. The molecule has 0 aliphatic heterocycles. The Hall–Kier alpha value is -1.59. The van der Waals surface area contributed by atoms with Gasteiger partial charge in [0.15, 0.2) is 0 Å². The van der Waals surface area contributed by atoms with Crippen molar-refractivity contribution in [3.63, 3.8) is 0 Å². The first kappa shape index (κ1) is 14.8. The van der Waals surface area contributed by atoms with Crippen molar-refractivity contribution >= 4 is 11.9 Å². The molecule has 0 atom stereocenters. The number of anilines is 2. The number of aromatic nitrogens is 3. The number of nitrogens with zero attached hydrogens (tertiary/aromatic N) is 3. The van der Waals surface area contributed by atoms with Crippen molar-refractivity contribution in [1.29, 1.82) is 0 Å². The lowest BCUT2D eigenvalue weighted by atomic mass is 9.85. The molecule has 6 nitrogen and oxygen atoms in total. The standard InChI is InChI=1S/C14H25N5O/c1-3-8-15-12-17-13(16-10-11-6-5-7-11)19-14(18-12)20-9-4-2/h11H,3-10H2,1-2H3,(H2,15,16,17,18,19). The van der Waals surface area contributed by atoms with Crippen LogP contribution in [-0.2, 0) is 0 Å². The molecule has 0 radical (unpaired) electrons. The van der Waals surface area contributed by atoms with Gasteiger partial charge in [-0.1, -0.05) is 20.3 Å². The minimum absolute atomic E-state index is 0.400. The third-order valence-electron chi connectivity index (χ3n) is 3.36. The topological polar surface area (TPSA) is 72.0 Å². The maximum Gasteiger partial charge on any atom is 0.323 e. The average Bonchev–Trinajstić information content (AvgIpc) is 2.41. The van der Waals surface area contributed by atoms with E-state index in [0.29, 0.717) is 24.5 Å². The van der Waals surface area contributed by atoms with E-state index in [0.717, 1.165) is 31.8 Å². The summed E-state index contributed by atoms with van der Waals surface area (Å²) in [6.45, 7) is 6.58. The molecule has 1 aliphatic rings. The first-order valence-electron chi connectivity index (χ1n) is 7.68. The first-order valence-corrected chi connectivity index (χ1v) is 7.68. The SMILES string of the molecule is CCCNc1nc(NCC2CCC2)nc(OCCC)n1. The van der Waals surface area contributed by atoms with Crippen LogP contribution in [0.2, 0.25) is 0 Å². The Morgan fingerprint density at radius 1 is 1.05 bits per heavy atom. The molecule has 0 aromatic carbocycles.